The molecule has 0 amide bonds. The summed E-state index contributed by atoms with van der Waals surface area (Å²) in [6, 6.07) is 12.7. The molecule has 200 valence electrons. The quantitative estimate of drug-likeness (QED) is 0.324. The van der Waals surface area contributed by atoms with Gasteiger partial charge in [0.2, 0.25) is 0 Å². The number of alkyl halides is 3. The monoisotopic (exact) mass is 517 g/mol. The summed E-state index contributed by atoms with van der Waals surface area (Å²) in [5, 5.41) is 21.7. The number of para-hydroxylation sites is 1. The van der Waals surface area contributed by atoms with Gasteiger partial charge in [-0.1, -0.05) is 36.4 Å². The Morgan fingerprint density at radius 3 is 2.22 bits per heavy atom. The van der Waals surface area contributed by atoms with Crippen molar-refractivity contribution in [2.45, 2.75) is 77.5 Å². The van der Waals surface area contributed by atoms with E-state index in [0.717, 1.165) is 34.3 Å². The summed E-state index contributed by atoms with van der Waals surface area (Å²) >= 11 is 0. The number of ether oxygens (including phenoxy) is 1. The molecule has 2 aromatic carbocycles. The van der Waals surface area contributed by atoms with E-state index in [2.05, 4.69) is 4.57 Å². The number of benzene rings is 2. The molecule has 1 aromatic heterocycles. The Kier molecular flexibility index (Phi) is 8.55. The molecule has 0 aliphatic heterocycles. The van der Waals surface area contributed by atoms with Gasteiger partial charge in [-0.2, -0.15) is 13.2 Å². The van der Waals surface area contributed by atoms with Crippen LogP contribution in [-0.4, -0.2) is 38.6 Å². The lowest BCUT2D eigenvalue weighted by atomic mass is 9.99. The summed E-state index contributed by atoms with van der Waals surface area (Å²) in [7, 11) is 0. The molecule has 2 atom stereocenters. The van der Waals surface area contributed by atoms with E-state index in [0.29, 0.717) is 5.56 Å². The molecule has 0 bridgehead atoms. The Balaban J connectivity index is 1.95. The van der Waals surface area contributed by atoms with E-state index in [-0.39, 0.29) is 18.9 Å². The highest BCUT2D eigenvalue weighted by atomic mass is 19.4. The number of rotatable bonds is 8. The molecule has 0 radical (unpaired) electrons. The minimum atomic E-state index is -4.43. The molecule has 0 aliphatic rings. The van der Waals surface area contributed by atoms with E-state index in [4.69, 9.17) is 4.74 Å². The molecule has 3 aromatic rings. The van der Waals surface area contributed by atoms with Gasteiger partial charge in [0, 0.05) is 34.6 Å². The molecule has 2 N–H and O–H groups in total. The zero-order chi connectivity index (χ0) is 27.5. The fourth-order valence-electron chi connectivity index (χ4n) is 4.35. The molecule has 0 aliphatic carbocycles. The number of halogens is 3. The van der Waals surface area contributed by atoms with E-state index in [1.807, 2.05) is 38.1 Å². The van der Waals surface area contributed by atoms with Gasteiger partial charge in [0.05, 0.1) is 24.2 Å². The first kappa shape index (κ1) is 28.5. The Morgan fingerprint density at radius 1 is 1.03 bits per heavy atom. The minimum Gasteiger partial charge on any atom is -0.460 e. The number of aromatic nitrogens is 1. The van der Waals surface area contributed by atoms with Crippen LogP contribution >= 0.6 is 0 Å². The molecule has 3 rings (SSSR count). The number of fused-ring (bicyclic) bond motifs is 1. The highest BCUT2D eigenvalue weighted by molar-refractivity contribution is 6.01. The second-order valence-electron chi connectivity index (χ2n) is 10.4. The van der Waals surface area contributed by atoms with Gasteiger partial charge in [0.1, 0.15) is 5.60 Å². The number of carbonyl (C=O) groups excluding carboxylic acids is 1. The van der Waals surface area contributed by atoms with E-state index in [1.54, 1.807) is 26.8 Å². The third-order valence-corrected chi connectivity index (χ3v) is 5.78. The summed E-state index contributed by atoms with van der Waals surface area (Å²) in [4.78, 5) is 12.0. The Morgan fingerprint density at radius 2 is 1.65 bits per heavy atom. The molecule has 1 heterocycles. The molecular formula is C29H34F3NO4. The van der Waals surface area contributed by atoms with Crippen molar-refractivity contribution in [3.8, 4) is 11.1 Å². The van der Waals surface area contributed by atoms with Crippen LogP contribution in [-0.2, 0) is 15.7 Å². The van der Waals surface area contributed by atoms with Crippen molar-refractivity contribution in [3.63, 3.8) is 0 Å². The van der Waals surface area contributed by atoms with Crippen molar-refractivity contribution in [2.24, 2.45) is 0 Å². The van der Waals surface area contributed by atoms with Crippen LogP contribution in [0.2, 0.25) is 0 Å². The standard InChI is InChI=1S/C29H34F3NO4/c1-18(2)33-24-9-7-6-8-23(24)27(19-10-12-20(13-11-19)29(30,31)32)25(33)15-14-21(34)16-22(35)17-26(36)37-28(3,4)5/h6-15,18,21-22,34-35H,16-17H2,1-5H3/b15-14+/t21-,22-/m1/s1. The van der Waals surface area contributed by atoms with Crippen molar-refractivity contribution >= 4 is 22.9 Å². The number of hydrogen-bond acceptors (Lipinski definition) is 4. The molecule has 5 nitrogen and oxygen atoms in total. The molecule has 0 saturated heterocycles. The predicted octanol–water partition coefficient (Wildman–Crippen LogP) is 6.76. The van der Waals surface area contributed by atoms with Crippen LogP contribution in [0.5, 0.6) is 0 Å². The first-order valence-corrected chi connectivity index (χ1v) is 12.2. The Bertz CT molecular complexity index is 1250. The van der Waals surface area contributed by atoms with Crippen LogP contribution in [0.15, 0.2) is 54.6 Å². The van der Waals surface area contributed by atoms with Gasteiger partial charge in [-0.3, -0.25) is 4.79 Å². The summed E-state index contributed by atoms with van der Waals surface area (Å²) < 4.78 is 46.7. The van der Waals surface area contributed by atoms with Crippen molar-refractivity contribution in [3.05, 3.63) is 65.9 Å². The van der Waals surface area contributed by atoms with Gasteiger partial charge < -0.3 is 19.5 Å². The van der Waals surface area contributed by atoms with Crippen molar-refractivity contribution < 1.29 is 32.9 Å². The molecule has 0 fully saturated rings. The zero-order valence-corrected chi connectivity index (χ0v) is 21.7. The fourth-order valence-corrected chi connectivity index (χ4v) is 4.35. The van der Waals surface area contributed by atoms with E-state index in [9.17, 15) is 28.2 Å². The van der Waals surface area contributed by atoms with E-state index < -0.39 is 35.5 Å². The normalized spacial score (nSPS) is 14.5. The number of esters is 1. The number of hydrogen-bond donors (Lipinski definition) is 2. The first-order chi connectivity index (χ1) is 17.2. The third-order valence-electron chi connectivity index (χ3n) is 5.78. The van der Waals surface area contributed by atoms with Crippen molar-refractivity contribution in [1.29, 1.82) is 0 Å². The average molecular weight is 518 g/mol. The first-order valence-electron chi connectivity index (χ1n) is 12.2. The molecular weight excluding hydrogens is 483 g/mol. The summed E-state index contributed by atoms with van der Waals surface area (Å²) in [5.41, 5.74) is 1.59. The van der Waals surface area contributed by atoms with Gasteiger partial charge in [-0.15, -0.1) is 0 Å². The second kappa shape index (κ2) is 11.1. The number of aliphatic hydroxyl groups is 2. The number of nitrogens with zero attached hydrogens (tertiary/aromatic N) is 1. The lowest BCUT2D eigenvalue weighted by Crippen LogP contribution is -2.27. The maximum Gasteiger partial charge on any atom is 0.416 e. The van der Waals surface area contributed by atoms with Crippen LogP contribution < -0.4 is 0 Å². The SMILES string of the molecule is CC(C)n1c(/C=C/[C@@H](O)C[C@@H](O)CC(=O)OC(C)(C)C)c(-c2ccc(C(F)(F)F)cc2)c2ccccc21. The highest BCUT2D eigenvalue weighted by Gasteiger charge is 2.30. The minimum absolute atomic E-state index is 0.0163. The number of carbonyl (C=O) groups is 1. The third kappa shape index (κ3) is 7.23. The zero-order valence-electron chi connectivity index (χ0n) is 21.7. The lowest BCUT2D eigenvalue weighted by Gasteiger charge is -2.21. The van der Waals surface area contributed by atoms with Gasteiger partial charge in [-0.05, 0) is 64.5 Å². The van der Waals surface area contributed by atoms with Crippen molar-refractivity contribution in [2.75, 3.05) is 0 Å². The Hall–Kier alpha value is -3.10. The molecule has 8 heteroatoms. The molecule has 0 unspecified atom stereocenters. The summed E-state index contributed by atoms with van der Waals surface area (Å²) in [6.45, 7) is 9.20. The summed E-state index contributed by atoms with van der Waals surface area (Å²) in [6.07, 6.45) is -3.66. The Labute approximate surface area is 215 Å². The van der Waals surface area contributed by atoms with Crippen LogP contribution in [0.1, 0.15) is 64.8 Å². The van der Waals surface area contributed by atoms with E-state index >= 15 is 0 Å². The molecule has 0 saturated carbocycles. The smallest absolute Gasteiger partial charge is 0.416 e. The van der Waals surface area contributed by atoms with Crippen LogP contribution in [0.4, 0.5) is 13.2 Å². The predicted molar refractivity (Wildman–Crippen MR) is 139 cm³/mol. The highest BCUT2D eigenvalue weighted by Crippen LogP contribution is 2.39. The topological polar surface area (TPSA) is 71.7 Å². The van der Waals surface area contributed by atoms with Crippen molar-refractivity contribution in [1.82, 2.24) is 4.57 Å². The van der Waals surface area contributed by atoms with E-state index in [1.165, 1.54) is 18.2 Å². The maximum absolute atomic E-state index is 13.1. The van der Waals surface area contributed by atoms with Crippen LogP contribution in [0.25, 0.3) is 28.1 Å². The van der Waals surface area contributed by atoms with Gasteiger partial charge >= 0.3 is 12.1 Å². The van der Waals surface area contributed by atoms with Gasteiger partial charge in [-0.25, -0.2) is 0 Å². The van der Waals surface area contributed by atoms with Gasteiger partial charge in [0.25, 0.3) is 0 Å². The molecule has 37 heavy (non-hydrogen) atoms. The largest absolute Gasteiger partial charge is 0.460 e. The lowest BCUT2D eigenvalue weighted by molar-refractivity contribution is -0.157. The number of aliphatic hydroxyl groups excluding tert-OH is 2. The van der Waals surface area contributed by atoms with Crippen LogP contribution in [0.3, 0.4) is 0 Å². The fraction of sp³-hybridized carbons (Fsp3) is 0.414. The van der Waals surface area contributed by atoms with Gasteiger partial charge in [0.15, 0.2) is 0 Å². The summed E-state index contributed by atoms with van der Waals surface area (Å²) in [5.74, 6) is -0.555. The second-order valence-corrected chi connectivity index (χ2v) is 10.4. The molecule has 0 spiro atoms. The van der Waals surface area contributed by atoms with Crippen LogP contribution in [0, 0.1) is 0 Å². The average Bonchev–Trinajstić information content (AvgIpc) is 3.10. The maximum atomic E-state index is 13.1.